The van der Waals surface area contributed by atoms with E-state index in [1.54, 1.807) is 24.7 Å². The minimum absolute atomic E-state index is 0.344. The van der Waals surface area contributed by atoms with Gasteiger partial charge in [-0.3, -0.25) is 0 Å². The lowest BCUT2D eigenvalue weighted by Gasteiger charge is -2.03. The minimum Gasteiger partial charge on any atom is -0.478 e. The summed E-state index contributed by atoms with van der Waals surface area (Å²) in [5.41, 5.74) is 1.39. The molecule has 0 radical (unpaired) electrons. The predicted molar refractivity (Wildman–Crippen MR) is 61.7 cm³/mol. The number of thioether (sulfide) groups is 1. The summed E-state index contributed by atoms with van der Waals surface area (Å²) in [6.45, 7) is 0. The Bertz CT molecular complexity index is 477. The van der Waals surface area contributed by atoms with Gasteiger partial charge in [0.1, 0.15) is 0 Å². The first-order chi connectivity index (χ1) is 7.77. The van der Waals surface area contributed by atoms with Gasteiger partial charge in [-0.05, 0) is 18.2 Å². The summed E-state index contributed by atoms with van der Waals surface area (Å²) in [6.07, 6.45) is 3.27. The summed E-state index contributed by atoms with van der Waals surface area (Å²) in [5.74, 6) is -0.184. The fourth-order valence-corrected chi connectivity index (χ4v) is 2.28. The van der Waals surface area contributed by atoms with Crippen LogP contribution in [0.15, 0.2) is 52.2 Å². The minimum atomic E-state index is -0.893. The first-order valence-corrected chi connectivity index (χ1v) is 5.72. The van der Waals surface area contributed by atoms with E-state index < -0.39 is 5.97 Å². The second-order valence-electron chi connectivity index (χ2n) is 3.22. The Morgan fingerprint density at radius 1 is 1.31 bits per heavy atom. The maximum atomic E-state index is 11.0. The van der Waals surface area contributed by atoms with E-state index in [0.29, 0.717) is 11.3 Å². The smallest absolute Gasteiger partial charge is 0.336 e. The topological polar surface area (TPSA) is 50.4 Å². The number of hydrogen-bond donors (Lipinski definition) is 1. The highest BCUT2D eigenvalue weighted by atomic mass is 32.2. The number of carboxylic acid groups (broad SMARTS) is 1. The molecule has 0 atom stereocenters. The van der Waals surface area contributed by atoms with Crippen LogP contribution in [0.25, 0.3) is 0 Å². The van der Waals surface area contributed by atoms with Crippen molar-refractivity contribution in [2.75, 3.05) is 0 Å². The molecule has 0 spiro atoms. The van der Waals surface area contributed by atoms with Crippen LogP contribution in [0.2, 0.25) is 0 Å². The molecule has 0 amide bonds. The van der Waals surface area contributed by atoms with Crippen LogP contribution < -0.4 is 0 Å². The van der Waals surface area contributed by atoms with Gasteiger partial charge in [0.15, 0.2) is 0 Å². The maximum Gasteiger partial charge on any atom is 0.336 e. The Kier molecular flexibility index (Phi) is 3.31. The van der Waals surface area contributed by atoms with Gasteiger partial charge in [-0.15, -0.1) is 11.8 Å². The van der Waals surface area contributed by atoms with Gasteiger partial charge < -0.3 is 9.52 Å². The molecule has 4 heteroatoms. The van der Waals surface area contributed by atoms with Gasteiger partial charge >= 0.3 is 5.97 Å². The van der Waals surface area contributed by atoms with Crippen LogP contribution >= 0.6 is 11.8 Å². The third kappa shape index (κ3) is 2.46. The number of carbonyl (C=O) groups is 1. The zero-order valence-electron chi connectivity index (χ0n) is 8.42. The third-order valence-corrected chi connectivity index (χ3v) is 3.24. The van der Waals surface area contributed by atoms with E-state index in [0.717, 1.165) is 10.5 Å². The van der Waals surface area contributed by atoms with Crippen molar-refractivity contribution in [2.24, 2.45) is 0 Å². The number of rotatable bonds is 4. The number of carboxylic acids is 1. The van der Waals surface area contributed by atoms with E-state index in [2.05, 4.69) is 0 Å². The van der Waals surface area contributed by atoms with E-state index in [4.69, 9.17) is 9.52 Å². The Balaban J connectivity index is 2.12. The fourth-order valence-electron chi connectivity index (χ4n) is 1.31. The normalized spacial score (nSPS) is 10.2. The standard InChI is InChI=1S/C12H10O3S/c13-12(14)10-3-1-2-4-11(10)16-8-9-5-6-15-7-9/h1-7H,8H2,(H,13,14). The van der Waals surface area contributed by atoms with Gasteiger partial charge in [-0.25, -0.2) is 4.79 Å². The lowest BCUT2D eigenvalue weighted by molar-refractivity contribution is 0.0693. The monoisotopic (exact) mass is 234 g/mol. The molecule has 16 heavy (non-hydrogen) atoms. The molecule has 0 unspecified atom stereocenters. The summed E-state index contributed by atoms with van der Waals surface area (Å²) in [5, 5.41) is 8.99. The molecule has 1 aromatic heterocycles. The Morgan fingerprint density at radius 2 is 2.12 bits per heavy atom. The highest BCUT2D eigenvalue weighted by molar-refractivity contribution is 7.98. The first-order valence-electron chi connectivity index (χ1n) is 4.73. The van der Waals surface area contributed by atoms with Gasteiger partial charge in [0.05, 0.1) is 18.1 Å². The maximum absolute atomic E-state index is 11.0. The van der Waals surface area contributed by atoms with Gasteiger partial charge in [-0.1, -0.05) is 12.1 Å². The highest BCUT2D eigenvalue weighted by Gasteiger charge is 2.09. The highest BCUT2D eigenvalue weighted by Crippen LogP contribution is 2.26. The van der Waals surface area contributed by atoms with Crippen molar-refractivity contribution in [3.05, 3.63) is 54.0 Å². The molecule has 2 aromatic rings. The largest absolute Gasteiger partial charge is 0.478 e. The summed E-state index contributed by atoms with van der Waals surface area (Å²) in [6, 6.07) is 8.86. The average Bonchev–Trinajstić information content (AvgIpc) is 2.79. The molecule has 2 rings (SSSR count). The van der Waals surface area contributed by atoms with Crippen molar-refractivity contribution in [3.8, 4) is 0 Å². The zero-order valence-corrected chi connectivity index (χ0v) is 9.24. The molecule has 0 fully saturated rings. The molecule has 1 N–H and O–H groups in total. The third-order valence-electron chi connectivity index (χ3n) is 2.09. The van der Waals surface area contributed by atoms with Gasteiger partial charge in [0.2, 0.25) is 0 Å². The van der Waals surface area contributed by atoms with Crippen molar-refractivity contribution in [2.45, 2.75) is 10.6 Å². The van der Waals surface area contributed by atoms with Crippen LogP contribution in [-0.4, -0.2) is 11.1 Å². The Hall–Kier alpha value is -1.68. The quantitative estimate of drug-likeness (QED) is 0.825. The van der Waals surface area contributed by atoms with Crippen molar-refractivity contribution in [1.82, 2.24) is 0 Å². The summed E-state index contributed by atoms with van der Waals surface area (Å²) in [7, 11) is 0. The van der Waals surface area contributed by atoms with Gasteiger partial charge in [0.25, 0.3) is 0 Å². The number of hydrogen-bond acceptors (Lipinski definition) is 3. The van der Waals surface area contributed by atoms with E-state index in [1.165, 1.54) is 11.8 Å². The molecule has 0 saturated heterocycles. The van der Waals surface area contributed by atoms with E-state index >= 15 is 0 Å². The predicted octanol–water partition coefficient (Wildman–Crippen LogP) is 3.27. The van der Waals surface area contributed by atoms with E-state index in [9.17, 15) is 4.79 Å². The lowest BCUT2D eigenvalue weighted by atomic mass is 10.2. The SMILES string of the molecule is O=C(O)c1ccccc1SCc1ccoc1. The van der Waals surface area contributed by atoms with Gasteiger partial charge in [0, 0.05) is 16.2 Å². The molecule has 0 aliphatic heterocycles. The molecule has 3 nitrogen and oxygen atoms in total. The lowest BCUT2D eigenvalue weighted by Crippen LogP contribution is -1.98. The molecule has 1 heterocycles. The van der Waals surface area contributed by atoms with E-state index in [-0.39, 0.29) is 0 Å². The fraction of sp³-hybridized carbons (Fsp3) is 0.0833. The molecular formula is C12H10O3S. The zero-order chi connectivity index (χ0) is 11.4. The van der Waals surface area contributed by atoms with Crippen LogP contribution in [-0.2, 0) is 5.75 Å². The van der Waals surface area contributed by atoms with Crippen molar-refractivity contribution < 1.29 is 14.3 Å². The molecule has 0 aliphatic rings. The van der Waals surface area contributed by atoms with Crippen LogP contribution in [0.5, 0.6) is 0 Å². The molecule has 0 saturated carbocycles. The van der Waals surface area contributed by atoms with Crippen LogP contribution in [0, 0.1) is 0 Å². The van der Waals surface area contributed by atoms with Crippen molar-refractivity contribution >= 4 is 17.7 Å². The second kappa shape index (κ2) is 4.90. The van der Waals surface area contributed by atoms with Crippen molar-refractivity contribution in [3.63, 3.8) is 0 Å². The second-order valence-corrected chi connectivity index (χ2v) is 4.24. The Labute approximate surface area is 97.1 Å². The van der Waals surface area contributed by atoms with Gasteiger partial charge in [-0.2, -0.15) is 0 Å². The summed E-state index contributed by atoms with van der Waals surface area (Å²) < 4.78 is 4.95. The molecule has 0 bridgehead atoms. The summed E-state index contributed by atoms with van der Waals surface area (Å²) >= 11 is 1.49. The molecule has 0 aliphatic carbocycles. The number of benzene rings is 1. The van der Waals surface area contributed by atoms with Crippen LogP contribution in [0.1, 0.15) is 15.9 Å². The first kappa shape index (κ1) is 10.8. The van der Waals surface area contributed by atoms with E-state index in [1.807, 2.05) is 18.2 Å². The van der Waals surface area contributed by atoms with Crippen LogP contribution in [0.4, 0.5) is 0 Å². The molecule has 82 valence electrons. The summed E-state index contributed by atoms with van der Waals surface area (Å²) in [4.78, 5) is 11.7. The molecular weight excluding hydrogens is 224 g/mol. The Morgan fingerprint density at radius 3 is 2.81 bits per heavy atom. The van der Waals surface area contributed by atoms with Crippen LogP contribution in [0.3, 0.4) is 0 Å². The average molecular weight is 234 g/mol. The molecule has 1 aromatic carbocycles. The number of aromatic carboxylic acids is 1. The number of furan rings is 1. The van der Waals surface area contributed by atoms with Crippen molar-refractivity contribution in [1.29, 1.82) is 0 Å².